The number of aromatic nitrogens is 3. The van der Waals surface area contributed by atoms with Gasteiger partial charge in [-0.15, -0.1) is 0 Å². The van der Waals surface area contributed by atoms with Gasteiger partial charge in [0.2, 0.25) is 5.91 Å². The number of hydrogen-bond donors (Lipinski definition) is 1. The molecule has 0 radical (unpaired) electrons. The molecule has 0 saturated carbocycles. The minimum atomic E-state index is -0.531. The minimum Gasteiger partial charge on any atom is -0.444 e. The molecule has 0 atom stereocenters. The quantitative estimate of drug-likeness (QED) is 0.795. The van der Waals surface area contributed by atoms with Crippen LogP contribution in [0.25, 0.3) is 5.57 Å². The topological polar surface area (TPSA) is 97.3 Å². The molecule has 3 rings (SSSR count). The number of ether oxygens (including phenoxy) is 1. The van der Waals surface area contributed by atoms with Crippen LogP contribution in [0.15, 0.2) is 36.8 Å². The third kappa shape index (κ3) is 6.25. The highest BCUT2D eigenvalue weighted by molar-refractivity contribution is 6.29. The van der Waals surface area contributed by atoms with Crippen LogP contribution < -0.4 is 5.32 Å². The fourth-order valence-electron chi connectivity index (χ4n) is 2.88. The Bertz CT molecular complexity index is 937. The predicted octanol–water partition coefficient (Wildman–Crippen LogP) is 3.73. The maximum atomic E-state index is 12.3. The number of rotatable bonds is 4. The fraction of sp³-hybridized carbons (Fsp3) is 0.381. The molecule has 9 heteroatoms. The van der Waals surface area contributed by atoms with Crippen molar-refractivity contribution in [1.82, 2.24) is 19.9 Å². The fourth-order valence-corrected chi connectivity index (χ4v) is 2.98. The zero-order chi connectivity index (χ0) is 21.7. The SMILES string of the molecule is CC(C)(C)OC(=O)N1CCC=C(c2ccc(CC(=O)Nc3cnc(Cl)cn3)cn2)C1. The molecule has 0 unspecified atom stereocenters. The molecule has 1 aliphatic heterocycles. The first-order valence-electron chi connectivity index (χ1n) is 9.59. The maximum Gasteiger partial charge on any atom is 0.410 e. The summed E-state index contributed by atoms with van der Waals surface area (Å²) in [5.41, 5.74) is 1.96. The van der Waals surface area contributed by atoms with Gasteiger partial charge in [-0.2, -0.15) is 0 Å². The summed E-state index contributed by atoms with van der Waals surface area (Å²) in [4.78, 5) is 38.5. The second-order valence-electron chi connectivity index (χ2n) is 7.92. The monoisotopic (exact) mass is 429 g/mol. The largest absolute Gasteiger partial charge is 0.444 e. The third-order valence-corrected chi connectivity index (χ3v) is 4.40. The van der Waals surface area contributed by atoms with E-state index in [4.69, 9.17) is 16.3 Å². The molecule has 2 amide bonds. The van der Waals surface area contributed by atoms with Crippen molar-refractivity contribution in [2.75, 3.05) is 18.4 Å². The van der Waals surface area contributed by atoms with Gasteiger partial charge in [-0.05, 0) is 44.4 Å². The Morgan fingerprint density at radius 2 is 1.97 bits per heavy atom. The van der Waals surface area contributed by atoms with Gasteiger partial charge in [0, 0.05) is 12.7 Å². The molecular formula is C21H24ClN5O3. The lowest BCUT2D eigenvalue weighted by atomic mass is 10.0. The summed E-state index contributed by atoms with van der Waals surface area (Å²) in [6, 6.07) is 3.71. The number of pyridine rings is 1. The number of carbonyl (C=O) groups is 2. The van der Waals surface area contributed by atoms with Crippen LogP contribution >= 0.6 is 11.6 Å². The molecule has 3 heterocycles. The highest BCUT2D eigenvalue weighted by Gasteiger charge is 2.25. The van der Waals surface area contributed by atoms with E-state index in [1.807, 2.05) is 32.9 Å². The van der Waals surface area contributed by atoms with Crippen LogP contribution in [0.5, 0.6) is 0 Å². The molecule has 2 aromatic heterocycles. The van der Waals surface area contributed by atoms with Gasteiger partial charge in [0.25, 0.3) is 0 Å². The van der Waals surface area contributed by atoms with Gasteiger partial charge in [0.1, 0.15) is 10.8 Å². The second kappa shape index (κ2) is 9.21. The van der Waals surface area contributed by atoms with Crippen molar-refractivity contribution in [2.24, 2.45) is 0 Å². The summed E-state index contributed by atoms with van der Waals surface area (Å²) in [5, 5.41) is 2.92. The predicted molar refractivity (Wildman–Crippen MR) is 114 cm³/mol. The molecule has 0 bridgehead atoms. The molecule has 0 saturated heterocycles. The van der Waals surface area contributed by atoms with E-state index in [2.05, 4.69) is 26.3 Å². The van der Waals surface area contributed by atoms with E-state index in [1.54, 1.807) is 11.1 Å². The second-order valence-corrected chi connectivity index (χ2v) is 8.31. The Hall–Kier alpha value is -3.00. The third-order valence-electron chi connectivity index (χ3n) is 4.21. The first-order chi connectivity index (χ1) is 14.2. The smallest absolute Gasteiger partial charge is 0.410 e. The first-order valence-corrected chi connectivity index (χ1v) is 9.97. The Morgan fingerprint density at radius 3 is 2.60 bits per heavy atom. The van der Waals surface area contributed by atoms with Gasteiger partial charge >= 0.3 is 6.09 Å². The standard InChI is InChI=1S/C21H24ClN5O3/c1-21(2,3)30-20(29)27-8-4-5-15(13-27)16-7-6-14(10-23-16)9-19(28)26-18-12-24-17(22)11-25-18/h5-7,10-12H,4,8-9,13H2,1-3H3,(H,25,26,28). The summed E-state index contributed by atoms with van der Waals surface area (Å²) >= 11 is 5.68. The summed E-state index contributed by atoms with van der Waals surface area (Å²) in [6.07, 6.45) is 7.07. The molecule has 0 aromatic carbocycles. The lowest BCUT2D eigenvalue weighted by Gasteiger charge is -2.30. The molecule has 2 aromatic rings. The van der Waals surface area contributed by atoms with Gasteiger partial charge in [0.05, 0.1) is 31.1 Å². The van der Waals surface area contributed by atoms with Crippen molar-refractivity contribution in [3.8, 4) is 0 Å². The molecule has 8 nitrogen and oxygen atoms in total. The van der Waals surface area contributed by atoms with E-state index in [0.717, 1.165) is 23.3 Å². The van der Waals surface area contributed by atoms with Crippen molar-refractivity contribution >= 4 is 35.0 Å². The normalized spacial score (nSPS) is 14.1. The van der Waals surface area contributed by atoms with Gasteiger partial charge in [-0.3, -0.25) is 9.78 Å². The van der Waals surface area contributed by atoms with Crippen molar-refractivity contribution in [2.45, 2.75) is 39.2 Å². The number of anilines is 1. The van der Waals surface area contributed by atoms with Gasteiger partial charge in [0.15, 0.2) is 5.82 Å². The first kappa shape index (κ1) is 21.7. The van der Waals surface area contributed by atoms with Crippen LogP contribution in [0, 0.1) is 0 Å². The van der Waals surface area contributed by atoms with E-state index in [9.17, 15) is 9.59 Å². The lowest BCUT2D eigenvalue weighted by molar-refractivity contribution is -0.115. The number of hydrogen-bond acceptors (Lipinski definition) is 6. The summed E-state index contributed by atoms with van der Waals surface area (Å²) in [5.74, 6) is 0.109. The van der Waals surface area contributed by atoms with Crippen molar-refractivity contribution < 1.29 is 14.3 Å². The van der Waals surface area contributed by atoms with E-state index >= 15 is 0 Å². The highest BCUT2D eigenvalue weighted by Crippen LogP contribution is 2.21. The molecule has 0 spiro atoms. The number of amides is 2. The maximum absolute atomic E-state index is 12.3. The molecular weight excluding hydrogens is 406 g/mol. The van der Waals surface area contributed by atoms with Gasteiger partial charge in [-0.25, -0.2) is 14.8 Å². The van der Waals surface area contributed by atoms with E-state index in [0.29, 0.717) is 18.9 Å². The molecule has 0 fully saturated rings. The van der Waals surface area contributed by atoms with E-state index in [-0.39, 0.29) is 23.6 Å². The average Bonchev–Trinajstić information content (AvgIpc) is 2.69. The van der Waals surface area contributed by atoms with Crippen LogP contribution in [0.3, 0.4) is 0 Å². The summed E-state index contributed by atoms with van der Waals surface area (Å²) in [6.45, 7) is 6.60. The van der Waals surface area contributed by atoms with E-state index < -0.39 is 5.60 Å². The number of nitrogens with one attached hydrogen (secondary N) is 1. The zero-order valence-electron chi connectivity index (χ0n) is 17.2. The van der Waals surface area contributed by atoms with Crippen molar-refractivity contribution in [3.63, 3.8) is 0 Å². The Kier molecular flexibility index (Phi) is 6.66. The van der Waals surface area contributed by atoms with Crippen LogP contribution in [-0.4, -0.2) is 50.5 Å². The number of nitrogens with zero attached hydrogens (tertiary/aromatic N) is 4. The summed E-state index contributed by atoms with van der Waals surface area (Å²) < 4.78 is 5.46. The summed E-state index contributed by atoms with van der Waals surface area (Å²) in [7, 11) is 0. The Morgan fingerprint density at radius 1 is 1.17 bits per heavy atom. The Balaban J connectivity index is 1.58. The number of carbonyl (C=O) groups excluding carboxylic acids is 2. The molecule has 1 N–H and O–H groups in total. The van der Waals surface area contributed by atoms with Crippen LogP contribution in [0.1, 0.15) is 38.4 Å². The van der Waals surface area contributed by atoms with Crippen LogP contribution in [0.4, 0.5) is 10.6 Å². The van der Waals surface area contributed by atoms with E-state index in [1.165, 1.54) is 12.4 Å². The van der Waals surface area contributed by atoms with Crippen LogP contribution in [-0.2, 0) is 16.0 Å². The van der Waals surface area contributed by atoms with Crippen molar-refractivity contribution in [3.05, 3.63) is 53.2 Å². The molecule has 0 aliphatic carbocycles. The number of halogens is 1. The van der Waals surface area contributed by atoms with Crippen molar-refractivity contribution in [1.29, 1.82) is 0 Å². The van der Waals surface area contributed by atoms with Gasteiger partial charge < -0.3 is 15.0 Å². The van der Waals surface area contributed by atoms with Crippen LogP contribution in [0.2, 0.25) is 5.15 Å². The average molecular weight is 430 g/mol. The Labute approximate surface area is 180 Å². The molecule has 158 valence electrons. The lowest BCUT2D eigenvalue weighted by Crippen LogP contribution is -2.39. The highest BCUT2D eigenvalue weighted by atomic mass is 35.5. The zero-order valence-corrected chi connectivity index (χ0v) is 17.9. The van der Waals surface area contributed by atoms with Gasteiger partial charge in [-0.1, -0.05) is 23.7 Å². The minimum absolute atomic E-state index is 0.153. The molecule has 30 heavy (non-hydrogen) atoms. The molecule has 1 aliphatic rings.